The van der Waals surface area contributed by atoms with Crippen LogP contribution in [0.2, 0.25) is 0 Å². The number of ether oxygens (including phenoxy) is 1. The Balaban J connectivity index is 2.40. The standard InChI is InChI=1S/C12H10FNO2S/c1-7-6-17-11(14-7)8-3-4-9(10(13)5-8)12(15)16-2/h3-6H,1-2H3. The van der Waals surface area contributed by atoms with Crippen molar-refractivity contribution in [3.05, 3.63) is 40.7 Å². The summed E-state index contributed by atoms with van der Waals surface area (Å²) in [5, 5.41) is 2.62. The molecule has 2 aromatic rings. The smallest absolute Gasteiger partial charge is 0.340 e. The van der Waals surface area contributed by atoms with Gasteiger partial charge in [-0.3, -0.25) is 0 Å². The second kappa shape index (κ2) is 4.63. The van der Waals surface area contributed by atoms with Gasteiger partial charge < -0.3 is 4.74 Å². The largest absolute Gasteiger partial charge is 0.465 e. The van der Waals surface area contributed by atoms with Crippen molar-refractivity contribution in [2.45, 2.75) is 6.92 Å². The summed E-state index contributed by atoms with van der Waals surface area (Å²) in [5.41, 5.74) is 1.49. The molecule has 17 heavy (non-hydrogen) atoms. The fourth-order valence-corrected chi connectivity index (χ4v) is 2.20. The van der Waals surface area contributed by atoms with Crippen LogP contribution in [0.5, 0.6) is 0 Å². The SMILES string of the molecule is COC(=O)c1ccc(-c2nc(C)cs2)cc1F. The van der Waals surface area contributed by atoms with E-state index in [9.17, 15) is 9.18 Å². The van der Waals surface area contributed by atoms with Gasteiger partial charge in [-0.1, -0.05) is 6.07 Å². The van der Waals surface area contributed by atoms with Crippen LogP contribution >= 0.6 is 11.3 Å². The van der Waals surface area contributed by atoms with Gasteiger partial charge in [0.2, 0.25) is 0 Å². The quantitative estimate of drug-likeness (QED) is 0.770. The lowest BCUT2D eigenvalue weighted by atomic mass is 10.1. The van der Waals surface area contributed by atoms with E-state index < -0.39 is 11.8 Å². The number of benzene rings is 1. The minimum atomic E-state index is -0.677. The molecule has 0 saturated heterocycles. The van der Waals surface area contributed by atoms with Crippen molar-refractivity contribution < 1.29 is 13.9 Å². The van der Waals surface area contributed by atoms with Crippen molar-refractivity contribution in [1.29, 1.82) is 0 Å². The Morgan fingerprint density at radius 3 is 2.76 bits per heavy atom. The monoisotopic (exact) mass is 251 g/mol. The van der Waals surface area contributed by atoms with E-state index in [2.05, 4.69) is 9.72 Å². The Bertz CT molecular complexity index is 565. The van der Waals surface area contributed by atoms with Crippen LogP contribution in [0.25, 0.3) is 10.6 Å². The maximum atomic E-state index is 13.7. The molecule has 0 aliphatic carbocycles. The lowest BCUT2D eigenvalue weighted by molar-refractivity contribution is 0.0595. The summed E-state index contributed by atoms with van der Waals surface area (Å²) >= 11 is 1.44. The van der Waals surface area contributed by atoms with Crippen LogP contribution in [0.15, 0.2) is 23.6 Å². The fourth-order valence-electron chi connectivity index (χ4n) is 1.41. The molecule has 0 amide bonds. The highest BCUT2D eigenvalue weighted by atomic mass is 32.1. The van der Waals surface area contributed by atoms with Crippen molar-refractivity contribution >= 4 is 17.3 Å². The average molecular weight is 251 g/mol. The van der Waals surface area contributed by atoms with Crippen LogP contribution in [0.1, 0.15) is 16.1 Å². The van der Waals surface area contributed by atoms with Gasteiger partial charge in [0.15, 0.2) is 0 Å². The van der Waals surface area contributed by atoms with E-state index in [0.29, 0.717) is 5.56 Å². The highest BCUT2D eigenvalue weighted by Crippen LogP contribution is 2.25. The zero-order valence-corrected chi connectivity index (χ0v) is 10.2. The van der Waals surface area contributed by atoms with Crippen LogP contribution in [-0.4, -0.2) is 18.1 Å². The van der Waals surface area contributed by atoms with Crippen molar-refractivity contribution in [1.82, 2.24) is 4.98 Å². The van der Waals surface area contributed by atoms with Crippen molar-refractivity contribution in [2.24, 2.45) is 0 Å². The molecule has 0 fully saturated rings. The first-order valence-corrected chi connectivity index (χ1v) is 5.80. The van der Waals surface area contributed by atoms with Crippen LogP contribution in [0.4, 0.5) is 4.39 Å². The summed E-state index contributed by atoms with van der Waals surface area (Å²) in [4.78, 5) is 15.5. The predicted molar refractivity (Wildman–Crippen MR) is 63.6 cm³/mol. The van der Waals surface area contributed by atoms with Crippen LogP contribution in [-0.2, 0) is 4.74 Å². The molecule has 88 valence electrons. The molecular weight excluding hydrogens is 241 g/mol. The molecular formula is C12H10FNO2S. The van der Waals surface area contributed by atoms with Gasteiger partial charge in [-0.05, 0) is 19.1 Å². The molecule has 1 aromatic carbocycles. The number of rotatable bonds is 2. The van der Waals surface area contributed by atoms with Gasteiger partial charge in [-0.25, -0.2) is 14.2 Å². The third kappa shape index (κ3) is 2.34. The van der Waals surface area contributed by atoms with E-state index in [1.54, 1.807) is 6.07 Å². The minimum Gasteiger partial charge on any atom is -0.465 e. The zero-order valence-electron chi connectivity index (χ0n) is 9.36. The first kappa shape index (κ1) is 11.7. The Morgan fingerprint density at radius 2 is 2.24 bits per heavy atom. The molecule has 2 rings (SSSR count). The number of hydrogen-bond acceptors (Lipinski definition) is 4. The van der Waals surface area contributed by atoms with E-state index in [1.807, 2.05) is 12.3 Å². The van der Waals surface area contributed by atoms with Gasteiger partial charge in [0, 0.05) is 16.6 Å². The van der Waals surface area contributed by atoms with Crippen molar-refractivity contribution in [3.63, 3.8) is 0 Å². The van der Waals surface area contributed by atoms with Crippen molar-refractivity contribution in [2.75, 3.05) is 7.11 Å². The second-order valence-electron chi connectivity index (χ2n) is 3.48. The molecule has 0 unspecified atom stereocenters. The summed E-state index contributed by atoms with van der Waals surface area (Å²) in [6, 6.07) is 4.37. The van der Waals surface area contributed by atoms with E-state index in [0.717, 1.165) is 10.7 Å². The van der Waals surface area contributed by atoms with E-state index in [1.165, 1.54) is 30.6 Å². The van der Waals surface area contributed by atoms with Crippen LogP contribution < -0.4 is 0 Å². The van der Waals surface area contributed by atoms with Gasteiger partial charge >= 0.3 is 5.97 Å². The molecule has 1 heterocycles. The second-order valence-corrected chi connectivity index (χ2v) is 4.34. The summed E-state index contributed by atoms with van der Waals surface area (Å²) in [6.07, 6.45) is 0. The fraction of sp³-hybridized carbons (Fsp3) is 0.167. The average Bonchev–Trinajstić information content (AvgIpc) is 2.75. The first-order chi connectivity index (χ1) is 8.11. The highest BCUT2D eigenvalue weighted by molar-refractivity contribution is 7.13. The molecule has 0 spiro atoms. The van der Waals surface area contributed by atoms with Crippen molar-refractivity contribution in [3.8, 4) is 10.6 Å². The molecule has 1 aromatic heterocycles. The van der Waals surface area contributed by atoms with Gasteiger partial charge in [0.1, 0.15) is 10.8 Å². The van der Waals surface area contributed by atoms with Gasteiger partial charge in [-0.2, -0.15) is 0 Å². The van der Waals surface area contributed by atoms with Crippen LogP contribution in [0.3, 0.4) is 0 Å². The maximum absolute atomic E-state index is 13.7. The molecule has 0 saturated carbocycles. The lowest BCUT2D eigenvalue weighted by Crippen LogP contribution is -2.04. The summed E-state index contributed by atoms with van der Waals surface area (Å²) in [7, 11) is 1.22. The van der Waals surface area contributed by atoms with E-state index in [4.69, 9.17) is 0 Å². The maximum Gasteiger partial charge on any atom is 0.340 e. The zero-order chi connectivity index (χ0) is 12.4. The number of halogens is 1. The van der Waals surface area contributed by atoms with Gasteiger partial charge in [0.25, 0.3) is 0 Å². The van der Waals surface area contributed by atoms with Gasteiger partial charge in [0.05, 0.1) is 12.7 Å². The minimum absolute atomic E-state index is 0.0653. The number of methoxy groups -OCH3 is 1. The summed E-state index contributed by atoms with van der Waals surface area (Å²) < 4.78 is 18.1. The molecule has 0 aliphatic heterocycles. The molecule has 0 atom stereocenters. The molecule has 0 N–H and O–H groups in total. The van der Waals surface area contributed by atoms with Crippen LogP contribution in [0, 0.1) is 12.7 Å². The Kier molecular flexibility index (Phi) is 3.19. The molecule has 0 bridgehead atoms. The summed E-state index contributed by atoms with van der Waals surface area (Å²) in [5.74, 6) is -1.27. The number of aryl methyl sites for hydroxylation is 1. The molecule has 0 aliphatic rings. The highest BCUT2D eigenvalue weighted by Gasteiger charge is 2.13. The lowest BCUT2D eigenvalue weighted by Gasteiger charge is -2.02. The third-order valence-electron chi connectivity index (χ3n) is 2.24. The number of thiazole rings is 1. The van der Waals surface area contributed by atoms with Gasteiger partial charge in [-0.15, -0.1) is 11.3 Å². The normalized spacial score (nSPS) is 10.3. The summed E-state index contributed by atoms with van der Waals surface area (Å²) in [6.45, 7) is 1.87. The Morgan fingerprint density at radius 1 is 1.47 bits per heavy atom. The van der Waals surface area contributed by atoms with E-state index in [-0.39, 0.29) is 5.56 Å². The first-order valence-electron chi connectivity index (χ1n) is 4.92. The number of hydrogen-bond donors (Lipinski definition) is 0. The Labute approximate surface area is 102 Å². The number of esters is 1. The molecule has 0 radical (unpaired) electrons. The number of carbonyl (C=O) groups excluding carboxylic acids is 1. The number of nitrogens with zero attached hydrogens (tertiary/aromatic N) is 1. The number of aromatic nitrogens is 1. The topological polar surface area (TPSA) is 39.2 Å². The molecule has 5 heteroatoms. The third-order valence-corrected chi connectivity index (χ3v) is 3.25. The van der Waals surface area contributed by atoms with E-state index >= 15 is 0 Å². The predicted octanol–water partition coefficient (Wildman–Crippen LogP) is 3.04. The Hall–Kier alpha value is -1.75. The molecule has 3 nitrogen and oxygen atoms in total. The number of carbonyl (C=O) groups is 1.